The molecule has 4 heterocycles. The average molecular weight is 331 g/mol. The second-order valence-corrected chi connectivity index (χ2v) is 6.38. The molecule has 0 spiro atoms. The summed E-state index contributed by atoms with van der Waals surface area (Å²) in [6.45, 7) is 3.92. The Kier molecular flexibility index (Phi) is 3.41. The number of halogens is 1. The van der Waals surface area contributed by atoms with Crippen molar-refractivity contribution in [1.29, 1.82) is 0 Å². The number of nitrogens with zero attached hydrogens (tertiary/aromatic N) is 5. The van der Waals surface area contributed by atoms with Crippen LogP contribution in [0.4, 0.5) is 11.6 Å². The van der Waals surface area contributed by atoms with E-state index in [1.165, 1.54) is 12.8 Å². The highest BCUT2D eigenvalue weighted by Crippen LogP contribution is 2.33. The molecule has 23 heavy (non-hydrogen) atoms. The summed E-state index contributed by atoms with van der Waals surface area (Å²) in [5.74, 6) is 2.48. The quantitative estimate of drug-likeness (QED) is 0.844. The summed E-state index contributed by atoms with van der Waals surface area (Å²) in [6, 6.07) is 6.55. The zero-order valence-electron chi connectivity index (χ0n) is 13.0. The number of hydrogen-bond acceptors (Lipinski definition) is 6. The number of allylic oxidation sites excluding steroid dienone is 1. The number of anilines is 2. The van der Waals surface area contributed by atoms with Crippen LogP contribution in [0.25, 0.3) is 0 Å². The SMILES string of the molecule is CC1CCCN1c1cccc(N2C(Cl)=CC(N)=C3N=CCN32)n1. The summed E-state index contributed by atoms with van der Waals surface area (Å²) in [5, 5.41) is 4.33. The van der Waals surface area contributed by atoms with Gasteiger partial charge in [-0.25, -0.2) is 15.0 Å². The Hall–Kier alpha value is -2.21. The number of nitrogens with two attached hydrogens (primary N) is 1. The largest absolute Gasteiger partial charge is 0.396 e. The van der Waals surface area contributed by atoms with Gasteiger partial charge in [0.1, 0.15) is 11.0 Å². The van der Waals surface area contributed by atoms with E-state index in [1.807, 2.05) is 28.4 Å². The number of hydrazine groups is 1. The Morgan fingerprint density at radius 1 is 1.30 bits per heavy atom. The summed E-state index contributed by atoms with van der Waals surface area (Å²) < 4.78 is 0. The lowest BCUT2D eigenvalue weighted by atomic mass is 10.2. The maximum atomic E-state index is 6.44. The molecule has 1 aromatic rings. The maximum absolute atomic E-state index is 6.44. The van der Waals surface area contributed by atoms with Crippen LogP contribution in [0.3, 0.4) is 0 Å². The Morgan fingerprint density at radius 2 is 2.13 bits per heavy atom. The van der Waals surface area contributed by atoms with Gasteiger partial charge >= 0.3 is 0 Å². The maximum Gasteiger partial charge on any atom is 0.171 e. The van der Waals surface area contributed by atoms with Crippen LogP contribution in [-0.4, -0.2) is 35.3 Å². The Balaban J connectivity index is 1.70. The molecule has 6 nitrogen and oxygen atoms in total. The first-order chi connectivity index (χ1) is 11.1. The van der Waals surface area contributed by atoms with Crippen molar-refractivity contribution in [3.05, 3.63) is 40.9 Å². The molecule has 0 radical (unpaired) electrons. The van der Waals surface area contributed by atoms with E-state index in [-0.39, 0.29) is 0 Å². The zero-order chi connectivity index (χ0) is 16.0. The Labute approximate surface area is 140 Å². The lowest BCUT2D eigenvalue weighted by Crippen LogP contribution is -2.42. The molecule has 120 valence electrons. The van der Waals surface area contributed by atoms with Gasteiger partial charge in [0.25, 0.3) is 0 Å². The van der Waals surface area contributed by atoms with Crippen molar-refractivity contribution in [3.63, 3.8) is 0 Å². The second kappa shape index (κ2) is 5.45. The average Bonchev–Trinajstić information content (AvgIpc) is 3.16. The number of aromatic nitrogens is 1. The molecule has 0 amide bonds. The third-order valence-electron chi connectivity index (χ3n) is 4.47. The molecule has 1 aromatic heterocycles. The minimum atomic E-state index is 0.520. The lowest BCUT2D eigenvalue weighted by Gasteiger charge is -2.36. The number of hydrogen-bond donors (Lipinski definition) is 1. The van der Waals surface area contributed by atoms with Crippen LogP contribution in [0.1, 0.15) is 19.8 Å². The van der Waals surface area contributed by atoms with Gasteiger partial charge in [0, 0.05) is 24.9 Å². The highest BCUT2D eigenvalue weighted by molar-refractivity contribution is 6.31. The molecule has 1 atom stereocenters. The van der Waals surface area contributed by atoms with E-state index in [0.29, 0.717) is 23.4 Å². The molecule has 3 aliphatic rings. The van der Waals surface area contributed by atoms with E-state index >= 15 is 0 Å². The molecule has 2 N–H and O–H groups in total. The smallest absolute Gasteiger partial charge is 0.171 e. The summed E-state index contributed by atoms with van der Waals surface area (Å²) in [5.41, 5.74) is 6.58. The van der Waals surface area contributed by atoms with Gasteiger partial charge in [0.2, 0.25) is 0 Å². The van der Waals surface area contributed by atoms with E-state index < -0.39 is 0 Å². The van der Waals surface area contributed by atoms with Crippen molar-refractivity contribution < 1.29 is 0 Å². The van der Waals surface area contributed by atoms with Crippen molar-refractivity contribution >= 4 is 29.5 Å². The first-order valence-corrected chi connectivity index (χ1v) is 8.23. The van der Waals surface area contributed by atoms with E-state index in [9.17, 15) is 0 Å². The van der Waals surface area contributed by atoms with Crippen LogP contribution in [0.15, 0.2) is 45.9 Å². The zero-order valence-corrected chi connectivity index (χ0v) is 13.7. The summed E-state index contributed by atoms with van der Waals surface area (Å²) >= 11 is 6.44. The lowest BCUT2D eigenvalue weighted by molar-refractivity contribution is 0.392. The van der Waals surface area contributed by atoms with E-state index in [0.717, 1.165) is 24.0 Å². The minimum absolute atomic E-state index is 0.520. The predicted octanol–water partition coefficient (Wildman–Crippen LogP) is 2.40. The fourth-order valence-electron chi connectivity index (χ4n) is 3.32. The van der Waals surface area contributed by atoms with Gasteiger partial charge in [-0.3, -0.25) is 5.01 Å². The first-order valence-electron chi connectivity index (χ1n) is 7.86. The molecular weight excluding hydrogens is 312 g/mol. The van der Waals surface area contributed by atoms with E-state index in [4.69, 9.17) is 22.3 Å². The minimum Gasteiger partial charge on any atom is -0.396 e. The van der Waals surface area contributed by atoms with Crippen LogP contribution in [-0.2, 0) is 0 Å². The molecule has 1 unspecified atom stereocenters. The highest BCUT2D eigenvalue weighted by atomic mass is 35.5. The molecule has 0 bridgehead atoms. The van der Waals surface area contributed by atoms with Crippen LogP contribution >= 0.6 is 11.6 Å². The number of fused-ring (bicyclic) bond motifs is 1. The van der Waals surface area contributed by atoms with Crippen LogP contribution in [0.2, 0.25) is 0 Å². The summed E-state index contributed by atoms with van der Waals surface area (Å²) in [7, 11) is 0. The number of pyridine rings is 1. The van der Waals surface area contributed by atoms with Gasteiger partial charge in [0.05, 0.1) is 12.2 Å². The molecule has 3 aliphatic heterocycles. The summed E-state index contributed by atoms with van der Waals surface area (Å²) in [6.07, 6.45) is 5.97. The first kappa shape index (κ1) is 14.4. The third kappa shape index (κ3) is 2.34. The predicted molar refractivity (Wildman–Crippen MR) is 93.1 cm³/mol. The standard InChI is InChI=1S/C16H19ClN6/c1-11-4-3-8-21(11)14-5-2-6-15(20-14)23-13(17)10-12(18)16-19-7-9-22(16)23/h2,5-7,10-11H,3-4,8-9,18H2,1H3. The van der Waals surface area contributed by atoms with Crippen molar-refractivity contribution in [1.82, 2.24) is 9.99 Å². The van der Waals surface area contributed by atoms with Gasteiger partial charge in [0.15, 0.2) is 11.6 Å². The van der Waals surface area contributed by atoms with Gasteiger partial charge in [-0.05, 0) is 31.9 Å². The third-order valence-corrected chi connectivity index (χ3v) is 4.74. The molecule has 0 aliphatic carbocycles. The van der Waals surface area contributed by atoms with Gasteiger partial charge in [-0.15, -0.1) is 0 Å². The molecule has 7 heteroatoms. The van der Waals surface area contributed by atoms with Gasteiger partial charge < -0.3 is 10.6 Å². The van der Waals surface area contributed by atoms with Crippen LogP contribution in [0.5, 0.6) is 0 Å². The van der Waals surface area contributed by atoms with Crippen molar-refractivity contribution in [2.45, 2.75) is 25.8 Å². The monoisotopic (exact) mass is 330 g/mol. The molecule has 4 rings (SSSR count). The topological polar surface area (TPSA) is 61.0 Å². The molecule has 0 aromatic carbocycles. The Bertz CT molecular complexity index is 725. The van der Waals surface area contributed by atoms with Gasteiger partial charge in [-0.2, -0.15) is 0 Å². The van der Waals surface area contributed by atoms with Crippen LogP contribution in [0, 0.1) is 0 Å². The van der Waals surface area contributed by atoms with Gasteiger partial charge in [-0.1, -0.05) is 17.7 Å². The van der Waals surface area contributed by atoms with Crippen molar-refractivity contribution in [3.8, 4) is 0 Å². The van der Waals surface area contributed by atoms with E-state index in [1.54, 1.807) is 6.08 Å². The number of aliphatic imine (C=N–C) groups is 1. The van der Waals surface area contributed by atoms with E-state index in [2.05, 4.69) is 22.9 Å². The molecule has 1 fully saturated rings. The number of rotatable bonds is 2. The van der Waals surface area contributed by atoms with Crippen LogP contribution < -0.4 is 15.6 Å². The highest BCUT2D eigenvalue weighted by Gasteiger charge is 2.31. The van der Waals surface area contributed by atoms with Crippen molar-refractivity contribution in [2.24, 2.45) is 10.7 Å². The second-order valence-electron chi connectivity index (χ2n) is 5.99. The van der Waals surface area contributed by atoms with Crippen molar-refractivity contribution in [2.75, 3.05) is 23.0 Å². The molecule has 0 saturated carbocycles. The fraction of sp³-hybridized carbons (Fsp3) is 0.375. The molecular formula is C16H19ClN6. The normalized spacial score (nSPS) is 23.7. The fourth-order valence-corrected chi connectivity index (χ4v) is 3.62. The molecule has 1 saturated heterocycles. The summed E-state index contributed by atoms with van der Waals surface area (Å²) in [4.78, 5) is 11.5. The Morgan fingerprint density at radius 3 is 2.91 bits per heavy atom.